The summed E-state index contributed by atoms with van der Waals surface area (Å²) < 4.78 is 5.34. The fourth-order valence-electron chi connectivity index (χ4n) is 2.46. The summed E-state index contributed by atoms with van der Waals surface area (Å²) >= 11 is 0. The molecule has 24 heavy (non-hydrogen) atoms. The Morgan fingerprint density at radius 3 is 2.50 bits per heavy atom. The number of carbonyl (C=O) groups is 2. The molecule has 1 aromatic heterocycles. The van der Waals surface area contributed by atoms with E-state index >= 15 is 0 Å². The smallest absolute Gasteiger partial charge is 0.308 e. The van der Waals surface area contributed by atoms with E-state index in [1.807, 2.05) is 45.0 Å². The molecule has 0 saturated heterocycles. The van der Waals surface area contributed by atoms with Gasteiger partial charge in [0.05, 0.1) is 5.92 Å². The molecule has 1 amide bonds. The number of aryl methyl sites for hydroxylation is 1. The molecule has 1 atom stereocenters. The fraction of sp³-hybridized carbons (Fsp3) is 0.389. The van der Waals surface area contributed by atoms with Crippen molar-refractivity contribution < 1.29 is 19.1 Å². The minimum absolute atomic E-state index is 0.0620. The lowest BCUT2D eigenvalue weighted by atomic mass is 9.97. The number of carbonyl (C=O) groups excluding carboxylic acids is 1. The topological polar surface area (TPSA) is 92.4 Å². The molecule has 2 N–H and O–H groups in total. The Morgan fingerprint density at radius 1 is 1.25 bits per heavy atom. The molecule has 0 fully saturated rings. The third-order valence-electron chi connectivity index (χ3n) is 3.71. The monoisotopic (exact) mass is 330 g/mol. The van der Waals surface area contributed by atoms with Crippen LogP contribution < -0.4 is 5.32 Å². The Morgan fingerprint density at radius 2 is 1.92 bits per heavy atom. The van der Waals surface area contributed by atoms with Crippen LogP contribution in [0.1, 0.15) is 36.3 Å². The predicted molar refractivity (Wildman–Crippen MR) is 89.6 cm³/mol. The molecule has 0 aliphatic heterocycles. The number of amides is 1. The van der Waals surface area contributed by atoms with Gasteiger partial charge in [0.2, 0.25) is 0 Å². The summed E-state index contributed by atoms with van der Waals surface area (Å²) in [4.78, 5) is 27.6. The summed E-state index contributed by atoms with van der Waals surface area (Å²) in [6, 6.07) is 7.54. The molecule has 2 aromatic rings. The van der Waals surface area contributed by atoms with Crippen molar-refractivity contribution in [3.63, 3.8) is 0 Å². The SMILES string of the molecule is Cc1ccc(-c2ocnc2C(=O)NCC(CC(C)C)C(=O)O)cc1. The number of benzene rings is 1. The van der Waals surface area contributed by atoms with Crippen molar-refractivity contribution in [1.82, 2.24) is 10.3 Å². The molecule has 1 heterocycles. The second-order valence-electron chi connectivity index (χ2n) is 6.27. The van der Waals surface area contributed by atoms with E-state index in [1.54, 1.807) is 0 Å². The first-order valence-electron chi connectivity index (χ1n) is 7.90. The average Bonchev–Trinajstić information content (AvgIpc) is 3.01. The van der Waals surface area contributed by atoms with Crippen LogP contribution in [0.3, 0.4) is 0 Å². The van der Waals surface area contributed by atoms with E-state index in [-0.39, 0.29) is 18.2 Å². The van der Waals surface area contributed by atoms with Gasteiger partial charge in [-0.1, -0.05) is 43.7 Å². The molecule has 2 rings (SSSR count). The summed E-state index contributed by atoms with van der Waals surface area (Å²) in [7, 11) is 0. The zero-order valence-corrected chi connectivity index (χ0v) is 14.1. The lowest BCUT2D eigenvalue weighted by Gasteiger charge is -2.15. The molecule has 0 aliphatic rings. The van der Waals surface area contributed by atoms with Crippen LogP contribution in [-0.2, 0) is 4.79 Å². The van der Waals surface area contributed by atoms with Gasteiger partial charge in [-0.05, 0) is 19.3 Å². The summed E-state index contributed by atoms with van der Waals surface area (Å²) in [6.45, 7) is 5.93. The van der Waals surface area contributed by atoms with Gasteiger partial charge < -0.3 is 14.8 Å². The Labute approximate surface area is 140 Å². The Balaban J connectivity index is 2.09. The number of rotatable bonds is 7. The van der Waals surface area contributed by atoms with Crippen LogP contribution in [0, 0.1) is 18.8 Å². The largest absolute Gasteiger partial charge is 0.481 e. The van der Waals surface area contributed by atoms with Gasteiger partial charge >= 0.3 is 5.97 Å². The van der Waals surface area contributed by atoms with Crippen LogP contribution in [-0.4, -0.2) is 28.5 Å². The van der Waals surface area contributed by atoms with Crippen molar-refractivity contribution in [2.75, 3.05) is 6.54 Å². The van der Waals surface area contributed by atoms with Gasteiger partial charge in [0.25, 0.3) is 5.91 Å². The highest BCUT2D eigenvalue weighted by Crippen LogP contribution is 2.23. The molecule has 0 saturated carbocycles. The summed E-state index contributed by atoms with van der Waals surface area (Å²) in [5.74, 6) is -1.36. The van der Waals surface area contributed by atoms with Crippen molar-refractivity contribution in [2.24, 2.45) is 11.8 Å². The van der Waals surface area contributed by atoms with Gasteiger partial charge in [-0.25, -0.2) is 4.98 Å². The highest BCUT2D eigenvalue weighted by molar-refractivity contribution is 5.97. The van der Waals surface area contributed by atoms with Gasteiger partial charge in [0.1, 0.15) is 0 Å². The average molecular weight is 330 g/mol. The number of hydrogen-bond donors (Lipinski definition) is 2. The second-order valence-corrected chi connectivity index (χ2v) is 6.27. The van der Waals surface area contributed by atoms with E-state index in [0.717, 1.165) is 11.1 Å². The van der Waals surface area contributed by atoms with E-state index in [0.29, 0.717) is 12.2 Å². The van der Waals surface area contributed by atoms with E-state index in [9.17, 15) is 14.7 Å². The fourth-order valence-corrected chi connectivity index (χ4v) is 2.46. The van der Waals surface area contributed by atoms with Crippen molar-refractivity contribution >= 4 is 11.9 Å². The van der Waals surface area contributed by atoms with Crippen LogP contribution in [0.25, 0.3) is 11.3 Å². The number of aromatic nitrogens is 1. The molecule has 0 radical (unpaired) electrons. The molecule has 0 spiro atoms. The maximum absolute atomic E-state index is 12.4. The quantitative estimate of drug-likeness (QED) is 0.813. The third-order valence-corrected chi connectivity index (χ3v) is 3.71. The molecule has 0 bridgehead atoms. The zero-order chi connectivity index (χ0) is 17.7. The van der Waals surface area contributed by atoms with Crippen molar-refractivity contribution in [1.29, 1.82) is 0 Å². The molecule has 6 heteroatoms. The molecule has 6 nitrogen and oxygen atoms in total. The van der Waals surface area contributed by atoms with Crippen LogP contribution in [0.2, 0.25) is 0 Å². The minimum Gasteiger partial charge on any atom is -0.481 e. The number of nitrogens with one attached hydrogen (secondary N) is 1. The number of aliphatic carboxylic acids is 1. The first-order chi connectivity index (χ1) is 11.4. The van der Waals surface area contributed by atoms with Crippen LogP contribution in [0.15, 0.2) is 35.1 Å². The van der Waals surface area contributed by atoms with E-state index < -0.39 is 17.8 Å². The standard InChI is InChI=1S/C18H22N2O4/c1-11(2)8-14(18(22)23)9-19-17(21)15-16(24-10-20-15)13-6-4-12(3)5-7-13/h4-7,10-11,14H,8-9H2,1-3H3,(H,19,21)(H,22,23). The molecule has 1 aromatic carbocycles. The van der Waals surface area contributed by atoms with Crippen LogP contribution in [0.4, 0.5) is 0 Å². The summed E-state index contributed by atoms with van der Waals surface area (Å²) in [6.07, 6.45) is 1.71. The zero-order valence-electron chi connectivity index (χ0n) is 14.1. The minimum atomic E-state index is -0.914. The maximum Gasteiger partial charge on any atom is 0.308 e. The van der Waals surface area contributed by atoms with Crippen molar-refractivity contribution in [2.45, 2.75) is 27.2 Å². The summed E-state index contributed by atoms with van der Waals surface area (Å²) in [5.41, 5.74) is 2.01. The number of nitrogens with zero attached hydrogens (tertiary/aromatic N) is 1. The Bertz CT molecular complexity index is 704. The predicted octanol–water partition coefficient (Wildman–Crippen LogP) is 3.13. The van der Waals surface area contributed by atoms with E-state index in [2.05, 4.69) is 10.3 Å². The number of oxazole rings is 1. The van der Waals surface area contributed by atoms with Gasteiger partial charge in [0, 0.05) is 12.1 Å². The van der Waals surface area contributed by atoms with Crippen molar-refractivity contribution in [3.05, 3.63) is 41.9 Å². The maximum atomic E-state index is 12.4. The first-order valence-corrected chi connectivity index (χ1v) is 7.90. The molecular formula is C18H22N2O4. The third kappa shape index (κ3) is 4.44. The normalized spacial score (nSPS) is 12.2. The van der Waals surface area contributed by atoms with Gasteiger partial charge in [-0.15, -0.1) is 0 Å². The lowest BCUT2D eigenvalue weighted by Crippen LogP contribution is -2.34. The van der Waals surface area contributed by atoms with E-state index in [1.165, 1.54) is 6.39 Å². The highest BCUT2D eigenvalue weighted by Gasteiger charge is 2.23. The summed E-state index contributed by atoms with van der Waals surface area (Å²) in [5, 5.41) is 11.9. The first kappa shape index (κ1) is 17.7. The highest BCUT2D eigenvalue weighted by atomic mass is 16.4. The van der Waals surface area contributed by atoms with E-state index in [4.69, 9.17) is 4.42 Å². The molecule has 1 unspecified atom stereocenters. The van der Waals surface area contributed by atoms with Gasteiger partial charge in [-0.3, -0.25) is 9.59 Å². The lowest BCUT2D eigenvalue weighted by molar-refractivity contribution is -0.142. The molecule has 0 aliphatic carbocycles. The Hall–Kier alpha value is -2.63. The molecule has 128 valence electrons. The van der Waals surface area contributed by atoms with Crippen molar-refractivity contribution in [3.8, 4) is 11.3 Å². The number of carboxylic acids is 1. The van der Waals surface area contributed by atoms with Gasteiger partial charge in [0.15, 0.2) is 17.8 Å². The van der Waals surface area contributed by atoms with Gasteiger partial charge in [-0.2, -0.15) is 0 Å². The molecular weight excluding hydrogens is 308 g/mol. The van der Waals surface area contributed by atoms with Crippen LogP contribution >= 0.6 is 0 Å². The number of carboxylic acid groups (broad SMARTS) is 1. The second kappa shape index (κ2) is 7.77. The Kier molecular flexibility index (Phi) is 5.73. The number of hydrogen-bond acceptors (Lipinski definition) is 4. The van der Waals surface area contributed by atoms with Crippen LogP contribution in [0.5, 0.6) is 0 Å².